The van der Waals surface area contributed by atoms with Crippen LogP contribution in [0.25, 0.3) is 10.7 Å². The number of carbonyl (C=O) groups is 1. The van der Waals surface area contributed by atoms with Gasteiger partial charge in [-0.1, -0.05) is 11.3 Å². The molecule has 26 heavy (non-hydrogen) atoms. The Morgan fingerprint density at radius 3 is 2.73 bits per heavy atom. The van der Waals surface area contributed by atoms with Crippen LogP contribution in [0.3, 0.4) is 0 Å². The molecule has 0 aromatic carbocycles. The maximum absolute atomic E-state index is 13.1. The highest BCUT2D eigenvalue weighted by Gasteiger charge is 2.64. The molecular weight excluding hydrogens is 361 g/mol. The second-order valence-corrected chi connectivity index (χ2v) is 7.96. The summed E-state index contributed by atoms with van der Waals surface area (Å²) in [6.45, 7) is 3.98. The number of aliphatic hydroxyl groups excluding tert-OH is 1. The zero-order chi connectivity index (χ0) is 18.6. The normalized spacial score (nSPS) is 21.3. The van der Waals surface area contributed by atoms with Crippen molar-refractivity contribution in [2.24, 2.45) is 0 Å². The van der Waals surface area contributed by atoms with Crippen molar-refractivity contribution in [2.45, 2.75) is 51.0 Å². The first kappa shape index (κ1) is 17.1. The minimum atomic E-state index is -0.861. The summed E-state index contributed by atoms with van der Waals surface area (Å²) in [7, 11) is 0. The van der Waals surface area contributed by atoms with Gasteiger partial charge in [0.05, 0.1) is 17.8 Å². The van der Waals surface area contributed by atoms with E-state index < -0.39 is 23.1 Å². The first-order valence-electron chi connectivity index (χ1n) is 8.33. The number of pyridine rings is 1. The van der Waals surface area contributed by atoms with E-state index in [1.54, 1.807) is 4.90 Å². The fourth-order valence-electron chi connectivity index (χ4n) is 3.36. The molecule has 138 valence electrons. The number of nitrogens with zero attached hydrogens (tertiary/aromatic N) is 4. The van der Waals surface area contributed by atoms with Crippen molar-refractivity contribution in [3.05, 3.63) is 33.3 Å². The summed E-state index contributed by atoms with van der Waals surface area (Å²) in [5.41, 5.74) is -0.989. The van der Waals surface area contributed by atoms with Gasteiger partial charge in [0, 0.05) is 6.04 Å². The number of aromatic amines is 1. The van der Waals surface area contributed by atoms with E-state index in [0.717, 1.165) is 18.9 Å². The quantitative estimate of drug-likeness (QED) is 0.839. The molecule has 1 atom stereocenters. The third-order valence-corrected chi connectivity index (χ3v) is 5.85. The van der Waals surface area contributed by atoms with Gasteiger partial charge in [0.2, 0.25) is 0 Å². The maximum atomic E-state index is 13.1. The fraction of sp³-hybridized carbons (Fsp3) is 0.500. The summed E-state index contributed by atoms with van der Waals surface area (Å²) >= 11 is 1.22. The predicted octanol–water partition coefficient (Wildman–Crippen LogP) is 1.53. The number of halogens is 1. The maximum Gasteiger partial charge on any atom is 0.323 e. The molecule has 8 nitrogen and oxygen atoms in total. The van der Waals surface area contributed by atoms with E-state index in [1.165, 1.54) is 22.3 Å². The second-order valence-electron chi connectivity index (χ2n) is 6.90. The molecule has 0 bridgehead atoms. The Labute approximate surface area is 152 Å². The molecular formula is C16H18FN5O3S. The summed E-state index contributed by atoms with van der Waals surface area (Å²) in [4.78, 5) is 29.7. The number of H-pyrrole nitrogens is 1. The van der Waals surface area contributed by atoms with Gasteiger partial charge in [0.1, 0.15) is 5.01 Å². The minimum absolute atomic E-state index is 0.103. The highest BCUT2D eigenvalue weighted by atomic mass is 32.1. The van der Waals surface area contributed by atoms with Gasteiger partial charge in [-0.2, -0.15) is 0 Å². The standard InChI is InChI=1S/C16H18FN5O3S/c1-8(2)22-14(24)16(5-6-16)21(15(22)25)7-11-19-20-13(26-11)10-4-3-9(17)12(23)18-10/h3-4,8,14,24H,5-7H2,1-2H3,(H,18,23). The molecule has 2 fully saturated rings. The van der Waals surface area contributed by atoms with Gasteiger partial charge in [-0.05, 0) is 38.8 Å². The summed E-state index contributed by atoms with van der Waals surface area (Å²) in [6.07, 6.45) is 0.677. The smallest absolute Gasteiger partial charge is 0.323 e. The number of hydrogen-bond donors (Lipinski definition) is 2. The Morgan fingerprint density at radius 2 is 2.12 bits per heavy atom. The number of rotatable bonds is 4. The van der Waals surface area contributed by atoms with Crippen LogP contribution in [-0.2, 0) is 6.54 Å². The van der Waals surface area contributed by atoms with Gasteiger partial charge in [-0.15, -0.1) is 10.2 Å². The third kappa shape index (κ3) is 2.52. The van der Waals surface area contributed by atoms with Crippen LogP contribution in [0, 0.1) is 5.82 Å². The molecule has 0 radical (unpaired) electrons. The Balaban J connectivity index is 1.59. The average molecular weight is 379 g/mol. The number of urea groups is 1. The van der Waals surface area contributed by atoms with E-state index >= 15 is 0 Å². The Bertz CT molecular complexity index is 923. The lowest BCUT2D eigenvalue weighted by molar-refractivity contribution is 0.00813. The molecule has 2 aromatic heterocycles. The van der Waals surface area contributed by atoms with Crippen molar-refractivity contribution in [3.8, 4) is 10.7 Å². The molecule has 4 rings (SSSR count). The van der Waals surface area contributed by atoms with Crippen LogP contribution in [0.4, 0.5) is 9.18 Å². The van der Waals surface area contributed by atoms with Crippen LogP contribution in [-0.4, -0.2) is 53.9 Å². The first-order chi connectivity index (χ1) is 12.3. The van der Waals surface area contributed by atoms with Gasteiger partial charge < -0.3 is 15.0 Å². The number of aliphatic hydroxyl groups is 1. The van der Waals surface area contributed by atoms with Crippen LogP contribution < -0.4 is 5.56 Å². The van der Waals surface area contributed by atoms with Crippen molar-refractivity contribution in [1.82, 2.24) is 25.0 Å². The van der Waals surface area contributed by atoms with E-state index in [1.807, 2.05) is 13.8 Å². The number of aromatic nitrogens is 3. The van der Waals surface area contributed by atoms with Gasteiger partial charge in [0.15, 0.2) is 17.1 Å². The van der Waals surface area contributed by atoms with Gasteiger partial charge in [0.25, 0.3) is 5.56 Å². The highest BCUT2D eigenvalue weighted by Crippen LogP contribution is 2.51. The lowest BCUT2D eigenvalue weighted by Crippen LogP contribution is -2.41. The zero-order valence-corrected chi connectivity index (χ0v) is 15.1. The average Bonchev–Trinajstić information content (AvgIpc) is 3.21. The molecule has 2 aromatic rings. The summed E-state index contributed by atoms with van der Waals surface area (Å²) < 4.78 is 13.1. The predicted molar refractivity (Wildman–Crippen MR) is 91.8 cm³/mol. The largest absolute Gasteiger partial charge is 0.371 e. The molecule has 1 aliphatic heterocycles. The van der Waals surface area contributed by atoms with Gasteiger partial charge in [-0.25, -0.2) is 9.18 Å². The molecule has 2 amide bonds. The SMILES string of the molecule is CC(C)N1C(=O)N(Cc2nnc(-c3ccc(F)c(=O)[nH]3)s2)C2(CC2)C1O. The zero-order valence-electron chi connectivity index (χ0n) is 14.3. The van der Waals surface area contributed by atoms with E-state index in [9.17, 15) is 19.1 Å². The van der Waals surface area contributed by atoms with E-state index in [0.29, 0.717) is 15.7 Å². The second kappa shape index (κ2) is 5.85. The Hall–Kier alpha value is -2.33. The molecule has 2 N–H and O–H groups in total. The molecule has 10 heteroatoms. The van der Waals surface area contributed by atoms with Crippen LogP contribution in [0.15, 0.2) is 16.9 Å². The van der Waals surface area contributed by atoms with E-state index in [4.69, 9.17) is 0 Å². The lowest BCUT2D eigenvalue weighted by Gasteiger charge is -2.24. The van der Waals surface area contributed by atoms with Crippen LogP contribution in [0.2, 0.25) is 0 Å². The van der Waals surface area contributed by atoms with Gasteiger partial charge in [-0.3, -0.25) is 9.69 Å². The molecule has 1 aliphatic carbocycles. The van der Waals surface area contributed by atoms with Crippen molar-refractivity contribution >= 4 is 17.4 Å². The van der Waals surface area contributed by atoms with Crippen LogP contribution in [0.1, 0.15) is 31.7 Å². The summed E-state index contributed by atoms with van der Waals surface area (Å²) in [6, 6.07) is 2.19. The third-order valence-electron chi connectivity index (χ3n) is 4.90. The van der Waals surface area contributed by atoms with E-state index in [-0.39, 0.29) is 18.6 Å². The van der Waals surface area contributed by atoms with Crippen molar-refractivity contribution < 1.29 is 14.3 Å². The lowest BCUT2D eigenvalue weighted by atomic mass is 10.2. The monoisotopic (exact) mass is 379 g/mol. The summed E-state index contributed by atoms with van der Waals surface area (Å²) in [5, 5.41) is 19.7. The molecule has 1 unspecified atom stereocenters. The molecule has 3 heterocycles. The first-order valence-corrected chi connectivity index (χ1v) is 9.15. The van der Waals surface area contributed by atoms with E-state index in [2.05, 4.69) is 15.2 Å². The molecule has 1 saturated carbocycles. The minimum Gasteiger partial charge on any atom is -0.371 e. The Kier molecular flexibility index (Phi) is 3.85. The molecule has 1 spiro atoms. The highest BCUT2D eigenvalue weighted by molar-refractivity contribution is 7.14. The topological polar surface area (TPSA) is 102 Å². The van der Waals surface area contributed by atoms with Gasteiger partial charge >= 0.3 is 6.03 Å². The van der Waals surface area contributed by atoms with Crippen molar-refractivity contribution in [3.63, 3.8) is 0 Å². The number of nitrogens with one attached hydrogen (secondary N) is 1. The van der Waals surface area contributed by atoms with Crippen LogP contribution in [0.5, 0.6) is 0 Å². The molecule has 2 aliphatic rings. The van der Waals surface area contributed by atoms with Crippen LogP contribution >= 0.6 is 11.3 Å². The van der Waals surface area contributed by atoms with Crippen molar-refractivity contribution in [2.75, 3.05) is 0 Å². The Morgan fingerprint density at radius 1 is 1.38 bits per heavy atom. The van der Waals surface area contributed by atoms with Crippen molar-refractivity contribution in [1.29, 1.82) is 0 Å². The number of hydrogen-bond acceptors (Lipinski definition) is 6. The number of carbonyl (C=O) groups excluding carboxylic acids is 1. The summed E-state index contributed by atoms with van der Waals surface area (Å²) in [5.74, 6) is -0.861. The fourth-order valence-corrected chi connectivity index (χ4v) is 4.17. The number of amides is 2. The molecule has 1 saturated heterocycles.